The Bertz CT molecular complexity index is 904. The number of hydrogen-bond acceptors (Lipinski definition) is 5. The number of sulfone groups is 1. The van der Waals surface area contributed by atoms with Gasteiger partial charge in [0.2, 0.25) is 12.7 Å². The van der Waals surface area contributed by atoms with E-state index in [0.29, 0.717) is 30.0 Å². The summed E-state index contributed by atoms with van der Waals surface area (Å²) in [4.78, 5) is 12.8. The van der Waals surface area contributed by atoms with Crippen molar-refractivity contribution in [1.29, 1.82) is 0 Å². The lowest BCUT2D eigenvalue weighted by molar-refractivity contribution is -0.116. The van der Waals surface area contributed by atoms with Crippen LogP contribution in [0.25, 0.3) is 0 Å². The Labute approximate surface area is 139 Å². The minimum atomic E-state index is -3.73. The van der Waals surface area contributed by atoms with Crippen LogP contribution in [0.5, 0.6) is 11.5 Å². The molecule has 1 N–H and O–H groups in total. The Kier molecular flexibility index (Phi) is 3.28. The van der Waals surface area contributed by atoms with Gasteiger partial charge in [0.05, 0.1) is 4.90 Å². The largest absolute Gasteiger partial charge is 0.454 e. The van der Waals surface area contributed by atoms with Gasteiger partial charge in [0.1, 0.15) is 0 Å². The Morgan fingerprint density at radius 2 is 1.71 bits per heavy atom. The van der Waals surface area contributed by atoms with Gasteiger partial charge >= 0.3 is 0 Å². The average molecular weight is 345 g/mol. The second-order valence-corrected chi connectivity index (χ2v) is 8.09. The first-order chi connectivity index (χ1) is 11.5. The van der Waals surface area contributed by atoms with Crippen LogP contribution in [0.2, 0.25) is 0 Å². The van der Waals surface area contributed by atoms with Gasteiger partial charge in [0.25, 0.3) is 0 Å². The maximum absolute atomic E-state index is 12.8. The van der Waals surface area contributed by atoms with Crippen molar-refractivity contribution in [2.75, 3.05) is 12.1 Å². The summed E-state index contributed by atoms with van der Waals surface area (Å²) in [5.41, 5.74) is 0.485. The first-order valence-electron chi connectivity index (χ1n) is 7.54. The highest BCUT2D eigenvalue weighted by molar-refractivity contribution is 7.94. The molecule has 1 heterocycles. The Morgan fingerprint density at radius 3 is 2.42 bits per heavy atom. The molecule has 2 aliphatic rings. The summed E-state index contributed by atoms with van der Waals surface area (Å²) >= 11 is 0. The minimum absolute atomic E-state index is 0.138. The molecule has 4 rings (SSSR count). The average Bonchev–Trinajstić information content (AvgIpc) is 3.29. The molecule has 7 heteroatoms. The lowest BCUT2D eigenvalue weighted by atomic mass is 10.2. The van der Waals surface area contributed by atoms with Crippen molar-refractivity contribution in [3.63, 3.8) is 0 Å². The van der Waals surface area contributed by atoms with E-state index in [-0.39, 0.29) is 11.7 Å². The van der Waals surface area contributed by atoms with Gasteiger partial charge in [-0.3, -0.25) is 4.79 Å². The second kappa shape index (κ2) is 5.24. The third kappa shape index (κ3) is 2.24. The molecule has 2 aromatic rings. The Balaban J connectivity index is 1.60. The van der Waals surface area contributed by atoms with Crippen molar-refractivity contribution in [3.05, 3.63) is 48.5 Å². The number of nitrogens with one attached hydrogen (secondary N) is 1. The van der Waals surface area contributed by atoms with Crippen molar-refractivity contribution >= 4 is 21.4 Å². The van der Waals surface area contributed by atoms with Crippen LogP contribution < -0.4 is 14.8 Å². The Hall–Kier alpha value is -2.54. The molecular weight excluding hydrogens is 330 g/mol. The SMILES string of the molecule is O=C(Nc1ccc2c(c1)OCO2)C1(S(=O)(=O)c2ccccc2)CC1. The summed E-state index contributed by atoms with van der Waals surface area (Å²) in [6.45, 7) is 0.138. The van der Waals surface area contributed by atoms with Crippen molar-refractivity contribution in [3.8, 4) is 11.5 Å². The van der Waals surface area contributed by atoms with E-state index in [1.165, 1.54) is 12.1 Å². The smallest absolute Gasteiger partial charge is 0.246 e. The van der Waals surface area contributed by atoms with E-state index >= 15 is 0 Å². The number of hydrogen-bond donors (Lipinski definition) is 1. The molecule has 1 amide bonds. The molecule has 2 aromatic carbocycles. The number of anilines is 1. The molecule has 1 aliphatic heterocycles. The molecular formula is C17H15NO5S. The van der Waals surface area contributed by atoms with Crippen molar-refractivity contribution in [2.45, 2.75) is 22.5 Å². The van der Waals surface area contributed by atoms with Crippen LogP contribution in [0.3, 0.4) is 0 Å². The first kappa shape index (κ1) is 15.0. The third-order valence-electron chi connectivity index (χ3n) is 4.32. The van der Waals surface area contributed by atoms with Crippen LogP contribution >= 0.6 is 0 Å². The number of fused-ring (bicyclic) bond motifs is 1. The van der Waals surface area contributed by atoms with E-state index in [4.69, 9.17) is 9.47 Å². The summed E-state index contributed by atoms with van der Waals surface area (Å²) in [6, 6.07) is 13.1. The van der Waals surface area contributed by atoms with Gasteiger partial charge in [0.15, 0.2) is 26.1 Å². The van der Waals surface area contributed by atoms with Gasteiger partial charge in [-0.1, -0.05) is 18.2 Å². The summed E-state index contributed by atoms with van der Waals surface area (Å²) < 4.78 is 34.8. The molecule has 1 saturated carbocycles. The lowest BCUT2D eigenvalue weighted by Crippen LogP contribution is -2.37. The van der Waals surface area contributed by atoms with Crippen molar-refractivity contribution in [2.24, 2.45) is 0 Å². The molecule has 0 aromatic heterocycles. The van der Waals surface area contributed by atoms with Crippen molar-refractivity contribution in [1.82, 2.24) is 0 Å². The van der Waals surface area contributed by atoms with Gasteiger partial charge in [-0.2, -0.15) is 0 Å². The van der Waals surface area contributed by atoms with E-state index in [2.05, 4.69) is 5.32 Å². The predicted molar refractivity (Wildman–Crippen MR) is 86.8 cm³/mol. The number of benzene rings is 2. The van der Waals surface area contributed by atoms with E-state index < -0.39 is 20.5 Å². The molecule has 24 heavy (non-hydrogen) atoms. The summed E-state index contributed by atoms with van der Waals surface area (Å²) in [7, 11) is -3.73. The molecule has 1 aliphatic carbocycles. The van der Waals surface area contributed by atoms with Crippen LogP contribution in [0.4, 0.5) is 5.69 Å². The zero-order valence-electron chi connectivity index (χ0n) is 12.7. The zero-order valence-corrected chi connectivity index (χ0v) is 13.5. The molecule has 0 radical (unpaired) electrons. The standard InChI is InChI=1S/C17H15NO5S/c19-16(18-12-6-7-14-15(10-12)23-11-22-14)17(8-9-17)24(20,21)13-4-2-1-3-5-13/h1-7,10H,8-9,11H2,(H,18,19). The van der Waals surface area contributed by atoms with Crippen LogP contribution in [-0.4, -0.2) is 25.9 Å². The molecule has 0 unspecified atom stereocenters. The van der Waals surface area contributed by atoms with Gasteiger partial charge < -0.3 is 14.8 Å². The van der Waals surface area contributed by atoms with Gasteiger partial charge in [0, 0.05) is 11.8 Å². The quantitative estimate of drug-likeness (QED) is 0.920. The fraction of sp³-hybridized carbons (Fsp3) is 0.235. The number of ether oxygens (including phenoxy) is 2. The van der Waals surface area contributed by atoms with Crippen LogP contribution in [0.15, 0.2) is 53.4 Å². The molecule has 0 saturated heterocycles. The predicted octanol–water partition coefficient (Wildman–Crippen LogP) is 2.36. The van der Waals surface area contributed by atoms with E-state index in [0.717, 1.165) is 0 Å². The number of amides is 1. The normalized spacial score (nSPS) is 17.3. The molecule has 0 atom stereocenters. The molecule has 0 bridgehead atoms. The number of carbonyl (C=O) groups excluding carboxylic acids is 1. The molecule has 124 valence electrons. The maximum Gasteiger partial charge on any atom is 0.246 e. The lowest BCUT2D eigenvalue weighted by Gasteiger charge is -2.16. The van der Waals surface area contributed by atoms with Gasteiger partial charge in [-0.25, -0.2) is 8.42 Å². The highest BCUT2D eigenvalue weighted by Crippen LogP contribution is 2.47. The van der Waals surface area contributed by atoms with Crippen molar-refractivity contribution < 1.29 is 22.7 Å². The van der Waals surface area contributed by atoms with Gasteiger partial charge in [-0.15, -0.1) is 0 Å². The molecule has 0 spiro atoms. The Morgan fingerprint density at radius 1 is 1.00 bits per heavy atom. The second-order valence-electron chi connectivity index (χ2n) is 5.83. The van der Waals surface area contributed by atoms with E-state index in [1.807, 2.05) is 0 Å². The fourth-order valence-corrected chi connectivity index (χ4v) is 4.68. The third-order valence-corrected chi connectivity index (χ3v) is 6.83. The number of carbonyl (C=O) groups is 1. The van der Waals surface area contributed by atoms with E-state index in [9.17, 15) is 13.2 Å². The van der Waals surface area contributed by atoms with Crippen LogP contribution in [0, 0.1) is 0 Å². The van der Waals surface area contributed by atoms with E-state index in [1.54, 1.807) is 36.4 Å². The fourth-order valence-electron chi connectivity index (χ4n) is 2.78. The molecule has 1 fully saturated rings. The topological polar surface area (TPSA) is 81.7 Å². The maximum atomic E-state index is 12.8. The monoisotopic (exact) mass is 345 g/mol. The van der Waals surface area contributed by atoms with Crippen LogP contribution in [0.1, 0.15) is 12.8 Å². The first-order valence-corrected chi connectivity index (χ1v) is 9.02. The van der Waals surface area contributed by atoms with Crippen LogP contribution in [-0.2, 0) is 14.6 Å². The highest BCUT2D eigenvalue weighted by atomic mass is 32.2. The van der Waals surface area contributed by atoms with Gasteiger partial charge in [-0.05, 0) is 37.1 Å². The summed E-state index contributed by atoms with van der Waals surface area (Å²) in [5, 5.41) is 2.70. The molecule has 6 nitrogen and oxygen atoms in total. The summed E-state index contributed by atoms with van der Waals surface area (Å²) in [6.07, 6.45) is 0.640. The highest BCUT2D eigenvalue weighted by Gasteiger charge is 2.61. The zero-order chi connectivity index (χ0) is 16.8. The minimum Gasteiger partial charge on any atom is -0.454 e. The summed E-state index contributed by atoms with van der Waals surface area (Å²) in [5.74, 6) is 0.625. The number of rotatable bonds is 4.